The number of aliphatic hydroxyl groups excluding tert-OH is 1. The molecular formula is C23H37NO4. The number of carbonyl (C=O) groups is 2. The Kier molecular flexibility index (Phi) is 18.1. The highest BCUT2D eigenvalue weighted by Crippen LogP contribution is 2.01. The first-order valence-corrected chi connectivity index (χ1v) is 10.3. The van der Waals surface area contributed by atoms with E-state index in [4.69, 9.17) is 10.2 Å². The zero-order valence-corrected chi connectivity index (χ0v) is 17.2. The van der Waals surface area contributed by atoms with E-state index in [2.05, 4.69) is 54.8 Å². The van der Waals surface area contributed by atoms with Crippen molar-refractivity contribution in [3.05, 3.63) is 48.6 Å². The standard InChI is InChI=1S/C23H37NO4/c1-2-3-4-5-6-7-8-9-10-11-12-13-14-15-16-17-18-19-22(26)24-21(20-25)23(27)28/h6-7,9-10,12-13,15-16,21,25H,2-5,8,11,14,17-20H2,1H3,(H,24,26)(H,27,28)/b7-6-,10-9-,13-12+,16-15-/t21-/m0/s1. The largest absolute Gasteiger partial charge is 0.480 e. The molecule has 0 aromatic heterocycles. The van der Waals surface area contributed by atoms with Gasteiger partial charge in [0.25, 0.3) is 0 Å². The smallest absolute Gasteiger partial charge is 0.328 e. The number of amides is 1. The maximum Gasteiger partial charge on any atom is 0.328 e. The predicted octanol–water partition coefficient (Wildman–Crippen LogP) is 4.69. The zero-order valence-electron chi connectivity index (χ0n) is 17.2. The van der Waals surface area contributed by atoms with Crippen LogP contribution >= 0.6 is 0 Å². The molecule has 5 heteroatoms. The fourth-order valence-corrected chi connectivity index (χ4v) is 2.39. The van der Waals surface area contributed by atoms with Crippen molar-refractivity contribution >= 4 is 11.9 Å². The lowest BCUT2D eigenvalue weighted by molar-refractivity contribution is -0.142. The molecular weight excluding hydrogens is 354 g/mol. The van der Waals surface area contributed by atoms with E-state index in [0.717, 1.165) is 25.7 Å². The minimum Gasteiger partial charge on any atom is -0.480 e. The Bertz CT molecular complexity index is 521. The van der Waals surface area contributed by atoms with Gasteiger partial charge >= 0.3 is 5.97 Å². The van der Waals surface area contributed by atoms with Gasteiger partial charge in [-0.05, 0) is 44.9 Å². The highest BCUT2D eigenvalue weighted by molar-refractivity contribution is 5.83. The van der Waals surface area contributed by atoms with Gasteiger partial charge in [0.1, 0.15) is 6.04 Å². The minimum atomic E-state index is -1.23. The molecule has 0 rings (SSSR count). The van der Waals surface area contributed by atoms with Gasteiger partial charge < -0.3 is 15.5 Å². The fraction of sp³-hybridized carbons (Fsp3) is 0.565. The summed E-state index contributed by atoms with van der Waals surface area (Å²) in [7, 11) is 0. The van der Waals surface area contributed by atoms with E-state index in [1.807, 2.05) is 6.08 Å². The Labute approximate surface area is 169 Å². The Morgan fingerprint density at radius 2 is 1.32 bits per heavy atom. The summed E-state index contributed by atoms with van der Waals surface area (Å²) >= 11 is 0. The SMILES string of the molecule is CCCCC/C=C\C/C=C\C/C=C/C/C=C\CCCC(=O)N[C@@H](CO)C(=O)O. The molecule has 5 nitrogen and oxygen atoms in total. The third-order valence-electron chi connectivity index (χ3n) is 4.05. The van der Waals surface area contributed by atoms with Gasteiger partial charge in [0.2, 0.25) is 5.91 Å². The molecule has 0 aromatic carbocycles. The lowest BCUT2D eigenvalue weighted by Gasteiger charge is -2.10. The molecule has 0 aromatic rings. The predicted molar refractivity (Wildman–Crippen MR) is 115 cm³/mol. The Balaban J connectivity index is 3.62. The molecule has 0 aliphatic carbocycles. The first kappa shape index (κ1) is 25.9. The van der Waals surface area contributed by atoms with Gasteiger partial charge in [0.15, 0.2) is 0 Å². The molecule has 158 valence electrons. The van der Waals surface area contributed by atoms with Gasteiger partial charge in [-0.1, -0.05) is 68.4 Å². The average Bonchev–Trinajstić information content (AvgIpc) is 2.68. The van der Waals surface area contributed by atoms with Crippen molar-refractivity contribution < 1.29 is 19.8 Å². The molecule has 0 heterocycles. The van der Waals surface area contributed by atoms with Crippen molar-refractivity contribution in [2.45, 2.75) is 77.2 Å². The number of allylic oxidation sites excluding steroid dienone is 8. The van der Waals surface area contributed by atoms with Crippen molar-refractivity contribution in [2.24, 2.45) is 0 Å². The van der Waals surface area contributed by atoms with Crippen LogP contribution in [0.3, 0.4) is 0 Å². The van der Waals surface area contributed by atoms with E-state index >= 15 is 0 Å². The Hall–Kier alpha value is -2.14. The van der Waals surface area contributed by atoms with Crippen molar-refractivity contribution in [3.63, 3.8) is 0 Å². The summed E-state index contributed by atoms with van der Waals surface area (Å²) in [5.41, 5.74) is 0. The first-order chi connectivity index (χ1) is 13.6. The molecule has 0 radical (unpaired) electrons. The normalized spacial score (nSPS) is 13.2. The molecule has 28 heavy (non-hydrogen) atoms. The fourth-order valence-electron chi connectivity index (χ4n) is 2.39. The number of hydrogen-bond donors (Lipinski definition) is 3. The van der Waals surface area contributed by atoms with E-state index in [0.29, 0.717) is 6.42 Å². The lowest BCUT2D eigenvalue weighted by atomic mass is 10.2. The summed E-state index contributed by atoms with van der Waals surface area (Å²) in [4.78, 5) is 22.2. The molecule has 0 aliphatic heterocycles. The summed E-state index contributed by atoms with van der Waals surface area (Å²) < 4.78 is 0. The highest BCUT2D eigenvalue weighted by Gasteiger charge is 2.17. The van der Waals surface area contributed by atoms with Crippen molar-refractivity contribution in [3.8, 4) is 0 Å². The molecule has 0 fully saturated rings. The number of carboxylic acids is 1. The Morgan fingerprint density at radius 3 is 1.79 bits per heavy atom. The zero-order chi connectivity index (χ0) is 20.9. The van der Waals surface area contributed by atoms with Crippen LogP contribution in [0.5, 0.6) is 0 Å². The number of aliphatic carboxylic acids is 1. The van der Waals surface area contributed by atoms with Gasteiger partial charge in [0.05, 0.1) is 6.61 Å². The average molecular weight is 392 g/mol. The third kappa shape index (κ3) is 17.3. The van der Waals surface area contributed by atoms with E-state index in [1.54, 1.807) is 0 Å². The van der Waals surface area contributed by atoms with Crippen LogP contribution in [-0.4, -0.2) is 34.7 Å². The minimum absolute atomic E-state index is 0.252. The van der Waals surface area contributed by atoms with Gasteiger partial charge in [-0.2, -0.15) is 0 Å². The number of hydrogen-bond acceptors (Lipinski definition) is 3. The van der Waals surface area contributed by atoms with Crippen LogP contribution in [0.4, 0.5) is 0 Å². The summed E-state index contributed by atoms with van der Waals surface area (Å²) in [6, 6.07) is -1.22. The van der Waals surface area contributed by atoms with Crippen LogP contribution in [0.15, 0.2) is 48.6 Å². The van der Waals surface area contributed by atoms with E-state index in [9.17, 15) is 9.59 Å². The molecule has 1 amide bonds. The Morgan fingerprint density at radius 1 is 0.821 bits per heavy atom. The van der Waals surface area contributed by atoms with Gasteiger partial charge in [-0.3, -0.25) is 4.79 Å². The van der Waals surface area contributed by atoms with Crippen molar-refractivity contribution in [2.75, 3.05) is 6.61 Å². The van der Waals surface area contributed by atoms with Crippen LogP contribution in [-0.2, 0) is 9.59 Å². The first-order valence-electron chi connectivity index (χ1n) is 10.3. The van der Waals surface area contributed by atoms with Gasteiger partial charge in [0, 0.05) is 6.42 Å². The molecule has 0 spiro atoms. The number of carbonyl (C=O) groups excluding carboxylic acids is 1. The maximum absolute atomic E-state index is 11.5. The topological polar surface area (TPSA) is 86.6 Å². The summed E-state index contributed by atoms with van der Waals surface area (Å²) in [6.07, 6.45) is 26.7. The van der Waals surface area contributed by atoms with Crippen molar-refractivity contribution in [1.29, 1.82) is 0 Å². The van der Waals surface area contributed by atoms with Gasteiger partial charge in [-0.25, -0.2) is 4.79 Å². The van der Waals surface area contributed by atoms with Crippen LogP contribution in [0.1, 0.15) is 71.1 Å². The molecule has 0 saturated carbocycles. The third-order valence-corrected chi connectivity index (χ3v) is 4.05. The number of rotatable bonds is 17. The number of aliphatic hydroxyl groups is 1. The number of nitrogens with one attached hydrogen (secondary N) is 1. The second kappa shape index (κ2) is 19.6. The second-order valence-corrected chi connectivity index (χ2v) is 6.62. The van der Waals surface area contributed by atoms with Crippen molar-refractivity contribution in [1.82, 2.24) is 5.32 Å². The van der Waals surface area contributed by atoms with Crippen LogP contribution < -0.4 is 5.32 Å². The van der Waals surface area contributed by atoms with Gasteiger partial charge in [-0.15, -0.1) is 0 Å². The van der Waals surface area contributed by atoms with Crippen LogP contribution in [0.25, 0.3) is 0 Å². The quantitative estimate of drug-likeness (QED) is 0.248. The van der Waals surface area contributed by atoms with E-state index < -0.39 is 18.6 Å². The molecule has 0 saturated heterocycles. The summed E-state index contributed by atoms with van der Waals surface area (Å²) in [5.74, 6) is -1.58. The lowest BCUT2D eigenvalue weighted by Crippen LogP contribution is -2.43. The van der Waals surface area contributed by atoms with Crippen LogP contribution in [0.2, 0.25) is 0 Å². The number of carboxylic acid groups (broad SMARTS) is 1. The molecule has 0 bridgehead atoms. The highest BCUT2D eigenvalue weighted by atomic mass is 16.4. The molecule has 1 atom stereocenters. The van der Waals surface area contributed by atoms with E-state index in [1.165, 1.54) is 25.7 Å². The molecule has 0 unspecified atom stereocenters. The van der Waals surface area contributed by atoms with E-state index in [-0.39, 0.29) is 12.3 Å². The summed E-state index contributed by atoms with van der Waals surface area (Å²) in [5, 5.41) is 19.9. The monoisotopic (exact) mass is 391 g/mol. The molecule has 3 N–H and O–H groups in total. The van der Waals surface area contributed by atoms with Crippen LogP contribution in [0, 0.1) is 0 Å². The number of unbranched alkanes of at least 4 members (excludes halogenated alkanes) is 4. The second-order valence-electron chi connectivity index (χ2n) is 6.62. The summed E-state index contributed by atoms with van der Waals surface area (Å²) in [6.45, 7) is 1.62. The maximum atomic E-state index is 11.5. The molecule has 0 aliphatic rings.